The Morgan fingerprint density at radius 2 is 1.59 bits per heavy atom. The van der Waals surface area contributed by atoms with E-state index in [4.69, 9.17) is 14.8 Å². The van der Waals surface area contributed by atoms with Crippen molar-refractivity contribution in [1.82, 2.24) is 20.3 Å². The van der Waals surface area contributed by atoms with Crippen LogP contribution in [0, 0.1) is 0 Å². The summed E-state index contributed by atoms with van der Waals surface area (Å²) in [5.74, 6) is 2.50. The molecule has 0 radical (unpaired) electrons. The highest BCUT2D eigenvalue weighted by Gasteiger charge is 2.35. The third-order valence-corrected chi connectivity index (χ3v) is 4.10. The number of rotatable bonds is 4. The average Bonchev–Trinajstić information content (AvgIpc) is 3.16. The Balaban J connectivity index is 1.62. The van der Waals surface area contributed by atoms with Crippen molar-refractivity contribution in [1.29, 1.82) is 0 Å². The third kappa shape index (κ3) is 3.04. The molecular weight excluding hydrogens is 282 g/mol. The quantitative estimate of drug-likeness (QED) is 0.923. The monoisotopic (exact) mass is 305 g/mol. The highest BCUT2D eigenvalue weighted by atomic mass is 16.5. The van der Waals surface area contributed by atoms with E-state index in [1.54, 1.807) is 0 Å². The van der Waals surface area contributed by atoms with Gasteiger partial charge in [0.15, 0.2) is 11.6 Å². The van der Waals surface area contributed by atoms with Crippen molar-refractivity contribution in [2.45, 2.75) is 70.3 Å². The zero-order valence-corrected chi connectivity index (χ0v) is 13.4. The van der Waals surface area contributed by atoms with E-state index in [0.29, 0.717) is 36.3 Å². The number of hydrogen-bond acceptors (Lipinski definition) is 7. The fraction of sp³-hybridized carbons (Fsp3) is 0.733. The Bertz CT molecular complexity index is 634. The topological polar surface area (TPSA) is 104 Å². The molecule has 1 aliphatic rings. The second kappa shape index (κ2) is 5.46. The normalized spacial score (nSPS) is 18.0. The van der Waals surface area contributed by atoms with Crippen molar-refractivity contribution in [3.8, 4) is 0 Å². The van der Waals surface area contributed by atoms with Crippen LogP contribution >= 0.6 is 0 Å². The van der Waals surface area contributed by atoms with Crippen LogP contribution in [0.25, 0.3) is 0 Å². The molecule has 0 atom stereocenters. The first kappa shape index (κ1) is 15.1. The minimum absolute atomic E-state index is 0.117. The van der Waals surface area contributed by atoms with Gasteiger partial charge in [-0.05, 0) is 12.8 Å². The van der Waals surface area contributed by atoms with Crippen LogP contribution in [0.2, 0.25) is 0 Å². The number of aryl methyl sites for hydroxylation is 2. The molecule has 0 saturated heterocycles. The minimum Gasteiger partial charge on any atom is -0.339 e. The SMILES string of the molecule is CC(C)(C)c1noc(CCc2nc(C3(N)CCCC3)no2)n1. The maximum absolute atomic E-state index is 6.33. The van der Waals surface area contributed by atoms with E-state index in [9.17, 15) is 0 Å². The predicted molar refractivity (Wildman–Crippen MR) is 79.0 cm³/mol. The number of aromatic nitrogens is 4. The molecule has 1 saturated carbocycles. The third-order valence-electron chi connectivity index (χ3n) is 4.10. The Labute approximate surface area is 129 Å². The van der Waals surface area contributed by atoms with Gasteiger partial charge in [-0.2, -0.15) is 9.97 Å². The lowest BCUT2D eigenvalue weighted by Gasteiger charge is -2.17. The maximum Gasteiger partial charge on any atom is 0.227 e. The number of nitrogens with zero attached hydrogens (tertiary/aromatic N) is 4. The van der Waals surface area contributed by atoms with Crippen molar-refractivity contribution in [2.75, 3.05) is 0 Å². The molecule has 3 rings (SSSR count). The van der Waals surface area contributed by atoms with Crippen LogP contribution in [0.5, 0.6) is 0 Å². The van der Waals surface area contributed by atoms with Gasteiger partial charge in [0, 0.05) is 18.3 Å². The van der Waals surface area contributed by atoms with Crippen molar-refractivity contribution in [3.63, 3.8) is 0 Å². The molecule has 0 unspecified atom stereocenters. The minimum atomic E-state index is -0.411. The molecule has 0 spiro atoms. The molecule has 2 heterocycles. The Morgan fingerprint density at radius 3 is 2.18 bits per heavy atom. The summed E-state index contributed by atoms with van der Waals surface area (Å²) in [5, 5.41) is 8.06. The smallest absolute Gasteiger partial charge is 0.227 e. The van der Waals surface area contributed by atoms with Crippen LogP contribution in [0.3, 0.4) is 0 Å². The summed E-state index contributed by atoms with van der Waals surface area (Å²) in [6.45, 7) is 6.15. The van der Waals surface area contributed by atoms with Crippen LogP contribution in [0.1, 0.15) is 69.9 Å². The molecule has 2 aromatic heterocycles. The standard InChI is InChI=1S/C15H23N5O2/c1-14(2,3)12-17-10(21-19-12)6-7-11-18-13(20-22-11)15(16)8-4-5-9-15/h4-9,16H2,1-3H3. The van der Waals surface area contributed by atoms with Gasteiger partial charge < -0.3 is 14.8 Å². The van der Waals surface area contributed by atoms with Crippen molar-refractivity contribution in [3.05, 3.63) is 23.4 Å². The van der Waals surface area contributed by atoms with Crippen LogP contribution in [0.15, 0.2) is 9.05 Å². The van der Waals surface area contributed by atoms with Gasteiger partial charge >= 0.3 is 0 Å². The van der Waals surface area contributed by atoms with Gasteiger partial charge in [0.1, 0.15) is 0 Å². The molecule has 2 N–H and O–H groups in total. The summed E-state index contributed by atoms with van der Waals surface area (Å²) in [6.07, 6.45) is 5.25. The predicted octanol–water partition coefficient (Wildman–Crippen LogP) is 2.26. The fourth-order valence-electron chi connectivity index (χ4n) is 2.66. The highest BCUT2D eigenvalue weighted by Crippen LogP contribution is 2.34. The van der Waals surface area contributed by atoms with Gasteiger partial charge in [-0.1, -0.05) is 43.9 Å². The van der Waals surface area contributed by atoms with Gasteiger partial charge in [-0.15, -0.1) is 0 Å². The van der Waals surface area contributed by atoms with Crippen molar-refractivity contribution >= 4 is 0 Å². The lowest BCUT2D eigenvalue weighted by Crippen LogP contribution is -2.34. The van der Waals surface area contributed by atoms with Gasteiger partial charge in [-0.3, -0.25) is 0 Å². The molecule has 0 amide bonds. The lowest BCUT2D eigenvalue weighted by molar-refractivity contribution is 0.336. The van der Waals surface area contributed by atoms with Crippen molar-refractivity contribution < 1.29 is 9.05 Å². The van der Waals surface area contributed by atoms with Crippen LogP contribution in [-0.2, 0) is 23.8 Å². The Kier molecular flexibility index (Phi) is 3.76. The first-order chi connectivity index (χ1) is 10.4. The summed E-state index contributed by atoms with van der Waals surface area (Å²) in [6, 6.07) is 0. The molecule has 22 heavy (non-hydrogen) atoms. The van der Waals surface area contributed by atoms with Gasteiger partial charge in [0.05, 0.1) is 5.54 Å². The van der Waals surface area contributed by atoms with Crippen LogP contribution < -0.4 is 5.73 Å². The van der Waals surface area contributed by atoms with E-state index in [2.05, 4.69) is 20.3 Å². The molecular formula is C15H23N5O2. The lowest BCUT2D eigenvalue weighted by atomic mass is 9.96. The molecule has 7 heteroatoms. The maximum atomic E-state index is 6.33. The molecule has 0 bridgehead atoms. The second-order valence-electron chi connectivity index (χ2n) is 7.14. The van der Waals surface area contributed by atoms with Crippen molar-refractivity contribution in [2.24, 2.45) is 5.73 Å². The largest absolute Gasteiger partial charge is 0.339 e. The van der Waals surface area contributed by atoms with E-state index in [-0.39, 0.29) is 5.41 Å². The molecule has 7 nitrogen and oxygen atoms in total. The summed E-state index contributed by atoms with van der Waals surface area (Å²) >= 11 is 0. The number of nitrogens with two attached hydrogens (primary N) is 1. The molecule has 1 aliphatic carbocycles. The molecule has 2 aromatic rings. The zero-order chi connectivity index (χ0) is 15.8. The van der Waals surface area contributed by atoms with E-state index in [0.717, 1.165) is 25.7 Å². The fourth-order valence-corrected chi connectivity index (χ4v) is 2.66. The molecule has 1 fully saturated rings. The highest BCUT2D eigenvalue weighted by molar-refractivity contribution is 5.07. The van der Waals surface area contributed by atoms with E-state index in [1.165, 1.54) is 0 Å². The van der Waals surface area contributed by atoms with E-state index in [1.807, 2.05) is 20.8 Å². The first-order valence-electron chi connectivity index (χ1n) is 7.82. The van der Waals surface area contributed by atoms with E-state index >= 15 is 0 Å². The van der Waals surface area contributed by atoms with Gasteiger partial charge in [0.2, 0.25) is 11.8 Å². The Hall–Kier alpha value is -1.76. The Morgan fingerprint density at radius 1 is 1.00 bits per heavy atom. The second-order valence-corrected chi connectivity index (χ2v) is 7.14. The molecule has 0 aliphatic heterocycles. The first-order valence-corrected chi connectivity index (χ1v) is 7.82. The summed E-state index contributed by atoms with van der Waals surface area (Å²) in [7, 11) is 0. The summed E-state index contributed by atoms with van der Waals surface area (Å²) < 4.78 is 10.6. The van der Waals surface area contributed by atoms with E-state index < -0.39 is 5.54 Å². The zero-order valence-electron chi connectivity index (χ0n) is 13.4. The summed E-state index contributed by atoms with van der Waals surface area (Å²) in [5.41, 5.74) is 5.80. The van der Waals surface area contributed by atoms with Gasteiger partial charge in [-0.25, -0.2) is 0 Å². The number of hydrogen-bond donors (Lipinski definition) is 1. The molecule has 0 aromatic carbocycles. The van der Waals surface area contributed by atoms with Crippen LogP contribution in [-0.4, -0.2) is 20.3 Å². The molecule has 120 valence electrons. The van der Waals surface area contributed by atoms with Crippen LogP contribution in [0.4, 0.5) is 0 Å². The van der Waals surface area contributed by atoms with Gasteiger partial charge in [0.25, 0.3) is 0 Å². The summed E-state index contributed by atoms with van der Waals surface area (Å²) in [4.78, 5) is 8.84. The average molecular weight is 305 g/mol.